The monoisotopic (exact) mass is 499 g/mol. The number of fused-ring (bicyclic) bond motifs is 2. The van der Waals surface area contributed by atoms with E-state index in [2.05, 4.69) is 15.0 Å². The first kappa shape index (κ1) is 23.2. The number of aliphatic hydroxyl groups excluding tert-OH is 1. The van der Waals surface area contributed by atoms with Crippen molar-refractivity contribution in [3.05, 3.63) is 35.4 Å². The van der Waals surface area contributed by atoms with Gasteiger partial charge in [-0.1, -0.05) is 35.9 Å². The molecule has 0 unspecified atom stereocenters. The van der Waals surface area contributed by atoms with Crippen molar-refractivity contribution in [2.24, 2.45) is 0 Å². The minimum Gasteiger partial charge on any atom is -0.456 e. The highest BCUT2D eigenvalue weighted by Crippen LogP contribution is 2.37. The highest BCUT2D eigenvalue weighted by molar-refractivity contribution is 6.62. The summed E-state index contributed by atoms with van der Waals surface area (Å²) in [5.41, 5.74) is 2.73. The SMILES string of the molecule is CC1(C)OB(c2ccc(-c3nc4nc(O[C@@H]5CO[C@H]6[C@@H]5OC[C@H]6O)[nH]c4cc3Cl)cc2)OC1(C)C. The molecule has 0 saturated carbocycles. The summed E-state index contributed by atoms with van der Waals surface area (Å²) < 4.78 is 29.5. The minimum absolute atomic E-state index is 0.239. The number of imidazole rings is 1. The topological polar surface area (TPSA) is 108 Å². The summed E-state index contributed by atoms with van der Waals surface area (Å²) in [6.07, 6.45) is -1.70. The molecule has 9 nitrogen and oxygen atoms in total. The molecule has 0 aliphatic carbocycles. The Hall–Kier alpha value is -2.21. The Bertz CT molecular complexity index is 1250. The van der Waals surface area contributed by atoms with Gasteiger partial charge in [0.2, 0.25) is 0 Å². The number of H-pyrrole nitrogens is 1. The Labute approximate surface area is 208 Å². The van der Waals surface area contributed by atoms with E-state index < -0.39 is 24.4 Å². The van der Waals surface area contributed by atoms with Crippen molar-refractivity contribution >= 4 is 35.3 Å². The number of nitrogens with one attached hydrogen (secondary N) is 1. The average molecular weight is 500 g/mol. The van der Waals surface area contributed by atoms with E-state index >= 15 is 0 Å². The van der Waals surface area contributed by atoms with Crippen molar-refractivity contribution in [3.63, 3.8) is 0 Å². The van der Waals surface area contributed by atoms with Crippen molar-refractivity contribution in [1.82, 2.24) is 15.0 Å². The Kier molecular flexibility index (Phi) is 5.41. The van der Waals surface area contributed by atoms with Crippen molar-refractivity contribution in [2.45, 2.75) is 63.3 Å². The van der Waals surface area contributed by atoms with Gasteiger partial charge < -0.3 is 33.6 Å². The van der Waals surface area contributed by atoms with Gasteiger partial charge >= 0.3 is 7.12 Å². The third kappa shape index (κ3) is 3.93. The molecule has 35 heavy (non-hydrogen) atoms. The smallest absolute Gasteiger partial charge is 0.456 e. The van der Waals surface area contributed by atoms with Crippen LogP contribution in [0.4, 0.5) is 0 Å². The number of hydrogen-bond acceptors (Lipinski definition) is 8. The Balaban J connectivity index is 1.22. The van der Waals surface area contributed by atoms with Gasteiger partial charge in [-0.3, -0.25) is 0 Å². The molecule has 3 saturated heterocycles. The zero-order valence-electron chi connectivity index (χ0n) is 19.9. The molecule has 0 radical (unpaired) electrons. The van der Waals surface area contributed by atoms with E-state index in [0.29, 0.717) is 34.5 Å². The van der Waals surface area contributed by atoms with Crippen LogP contribution < -0.4 is 10.2 Å². The van der Waals surface area contributed by atoms with Gasteiger partial charge in [-0.2, -0.15) is 4.98 Å². The fraction of sp³-hybridized carbons (Fsp3) is 0.500. The molecular formula is C24H27BClN3O6. The molecule has 4 atom stereocenters. The fourth-order valence-electron chi connectivity index (χ4n) is 4.62. The number of benzene rings is 1. The summed E-state index contributed by atoms with van der Waals surface area (Å²) in [7, 11) is -0.435. The van der Waals surface area contributed by atoms with E-state index in [4.69, 9.17) is 35.1 Å². The lowest BCUT2D eigenvalue weighted by Gasteiger charge is -2.32. The molecule has 0 amide bonds. The molecule has 3 aliphatic rings. The van der Waals surface area contributed by atoms with Gasteiger partial charge in [-0.25, -0.2) is 4.98 Å². The molecule has 5 heterocycles. The molecule has 3 aliphatic heterocycles. The molecule has 184 valence electrons. The van der Waals surface area contributed by atoms with Crippen LogP contribution in [0.15, 0.2) is 30.3 Å². The van der Waals surface area contributed by atoms with E-state index in [1.54, 1.807) is 6.07 Å². The molecule has 3 fully saturated rings. The zero-order valence-corrected chi connectivity index (χ0v) is 20.7. The number of pyridine rings is 1. The molecule has 0 spiro atoms. The van der Waals surface area contributed by atoms with E-state index in [9.17, 15) is 5.11 Å². The Morgan fingerprint density at radius 3 is 2.43 bits per heavy atom. The van der Waals surface area contributed by atoms with E-state index in [1.165, 1.54) is 0 Å². The van der Waals surface area contributed by atoms with Gasteiger partial charge in [0.25, 0.3) is 6.01 Å². The standard InChI is InChI=1S/C24H27BClN3O6/c1-23(2)24(3,4)35-25(34-23)13-7-5-12(6-8-13)18-14(26)9-15-21(28-18)29-22(27-15)33-17-11-32-19-16(30)10-31-20(17)19/h5-9,16-17,19-20,30H,10-11H2,1-4H3,(H,27,28,29)/t16-,17-,19-,20-/m1/s1. The number of ether oxygens (including phenoxy) is 3. The van der Waals surface area contributed by atoms with Gasteiger partial charge in [-0.05, 0) is 39.2 Å². The van der Waals surface area contributed by atoms with Crippen LogP contribution >= 0.6 is 11.6 Å². The number of aromatic amines is 1. The van der Waals surface area contributed by atoms with Crippen LogP contribution in [0.5, 0.6) is 6.01 Å². The van der Waals surface area contributed by atoms with Crippen molar-refractivity contribution in [3.8, 4) is 17.3 Å². The molecule has 0 bridgehead atoms. The van der Waals surface area contributed by atoms with Crippen LogP contribution in [0.25, 0.3) is 22.4 Å². The molecule has 3 aromatic rings. The van der Waals surface area contributed by atoms with Crippen molar-refractivity contribution < 1.29 is 28.6 Å². The molecular weight excluding hydrogens is 473 g/mol. The number of aliphatic hydroxyl groups is 1. The maximum absolute atomic E-state index is 9.92. The second-order valence-electron chi connectivity index (χ2n) is 10.3. The van der Waals surface area contributed by atoms with Crippen LogP contribution in [0.3, 0.4) is 0 Å². The summed E-state index contributed by atoms with van der Waals surface area (Å²) >= 11 is 6.58. The van der Waals surface area contributed by atoms with Crippen LogP contribution in [-0.4, -0.2) is 76.0 Å². The largest absolute Gasteiger partial charge is 0.494 e. The lowest BCUT2D eigenvalue weighted by molar-refractivity contribution is 0.00578. The molecule has 1 aromatic carbocycles. The first-order chi connectivity index (χ1) is 16.6. The first-order valence-electron chi connectivity index (χ1n) is 11.7. The second kappa shape index (κ2) is 8.16. The van der Waals surface area contributed by atoms with Gasteiger partial charge in [-0.15, -0.1) is 0 Å². The van der Waals surface area contributed by atoms with Gasteiger partial charge in [0.15, 0.2) is 11.8 Å². The van der Waals surface area contributed by atoms with Crippen molar-refractivity contribution in [2.75, 3.05) is 13.2 Å². The zero-order chi connectivity index (χ0) is 24.5. The van der Waals surface area contributed by atoms with E-state index in [0.717, 1.165) is 11.0 Å². The maximum Gasteiger partial charge on any atom is 0.494 e. The van der Waals surface area contributed by atoms with E-state index in [-0.39, 0.29) is 24.9 Å². The molecule has 2 N–H and O–H groups in total. The van der Waals surface area contributed by atoms with E-state index in [1.807, 2.05) is 52.0 Å². The third-order valence-corrected chi connectivity index (χ3v) is 7.65. The quantitative estimate of drug-likeness (QED) is 0.527. The summed E-state index contributed by atoms with van der Waals surface area (Å²) in [5, 5.41) is 10.4. The number of nitrogens with zero attached hydrogens (tertiary/aromatic N) is 2. The maximum atomic E-state index is 9.92. The summed E-state index contributed by atoms with van der Waals surface area (Å²) in [6, 6.07) is 9.91. The lowest BCUT2D eigenvalue weighted by atomic mass is 9.79. The lowest BCUT2D eigenvalue weighted by Crippen LogP contribution is -2.41. The fourth-order valence-corrected chi connectivity index (χ4v) is 4.88. The number of aromatic nitrogens is 3. The normalized spacial score (nSPS) is 29.1. The predicted molar refractivity (Wildman–Crippen MR) is 130 cm³/mol. The average Bonchev–Trinajstić information content (AvgIpc) is 3.53. The highest BCUT2D eigenvalue weighted by Gasteiger charge is 2.52. The Morgan fingerprint density at radius 2 is 1.71 bits per heavy atom. The predicted octanol–water partition coefficient (Wildman–Crippen LogP) is 2.48. The van der Waals surface area contributed by atoms with Crippen LogP contribution in [0.1, 0.15) is 27.7 Å². The molecule has 6 rings (SSSR count). The summed E-state index contributed by atoms with van der Waals surface area (Å²) in [4.78, 5) is 12.3. The Morgan fingerprint density at radius 1 is 1.03 bits per heavy atom. The number of halogens is 1. The van der Waals surface area contributed by atoms with Crippen LogP contribution in [0.2, 0.25) is 5.02 Å². The van der Waals surface area contributed by atoms with Crippen molar-refractivity contribution in [1.29, 1.82) is 0 Å². The summed E-state index contributed by atoms with van der Waals surface area (Å²) in [6.45, 7) is 8.69. The van der Waals surface area contributed by atoms with Crippen LogP contribution in [-0.2, 0) is 18.8 Å². The number of rotatable bonds is 4. The second-order valence-corrected chi connectivity index (χ2v) is 10.7. The minimum atomic E-state index is -0.636. The van der Waals surface area contributed by atoms with Gasteiger partial charge in [0, 0.05) is 5.56 Å². The van der Waals surface area contributed by atoms with Crippen LogP contribution in [0, 0.1) is 0 Å². The van der Waals surface area contributed by atoms with Gasteiger partial charge in [0.05, 0.1) is 40.6 Å². The molecule has 2 aromatic heterocycles. The third-order valence-electron chi connectivity index (χ3n) is 7.36. The summed E-state index contributed by atoms with van der Waals surface area (Å²) in [5.74, 6) is 0. The van der Waals surface area contributed by atoms with Gasteiger partial charge in [0.1, 0.15) is 18.3 Å². The highest BCUT2D eigenvalue weighted by atomic mass is 35.5. The first-order valence-corrected chi connectivity index (χ1v) is 12.1. The molecule has 11 heteroatoms. The number of hydrogen-bond donors (Lipinski definition) is 2.